The van der Waals surface area contributed by atoms with Crippen LogP contribution in [0.15, 0.2) is 54.6 Å². The molecule has 1 N–H and O–H groups in total. The SMILES string of the molecule is O=C(CN(Cc1ccccc1)C1CC1)NCc1ccccc1F. The first-order valence-corrected chi connectivity index (χ1v) is 8.00. The molecule has 0 aromatic heterocycles. The Morgan fingerprint density at radius 3 is 2.48 bits per heavy atom. The number of rotatable bonds is 7. The lowest BCUT2D eigenvalue weighted by Crippen LogP contribution is -2.38. The van der Waals surface area contributed by atoms with Crippen LogP contribution in [0.3, 0.4) is 0 Å². The molecule has 0 aliphatic heterocycles. The summed E-state index contributed by atoms with van der Waals surface area (Å²) in [7, 11) is 0. The van der Waals surface area contributed by atoms with Crippen LogP contribution in [0.2, 0.25) is 0 Å². The Balaban J connectivity index is 1.53. The van der Waals surface area contributed by atoms with E-state index >= 15 is 0 Å². The Morgan fingerprint density at radius 2 is 1.78 bits per heavy atom. The van der Waals surface area contributed by atoms with Gasteiger partial charge in [0.1, 0.15) is 5.82 Å². The fourth-order valence-electron chi connectivity index (χ4n) is 2.65. The van der Waals surface area contributed by atoms with Crippen LogP contribution in [0.25, 0.3) is 0 Å². The molecule has 2 aromatic rings. The summed E-state index contributed by atoms with van der Waals surface area (Å²) in [5.74, 6) is -0.341. The van der Waals surface area contributed by atoms with Crippen LogP contribution in [0.4, 0.5) is 4.39 Å². The van der Waals surface area contributed by atoms with Crippen molar-refractivity contribution >= 4 is 5.91 Å². The highest BCUT2D eigenvalue weighted by molar-refractivity contribution is 5.78. The molecule has 23 heavy (non-hydrogen) atoms. The van der Waals surface area contributed by atoms with E-state index in [0.717, 1.165) is 19.4 Å². The zero-order valence-electron chi connectivity index (χ0n) is 13.0. The second kappa shape index (κ2) is 7.38. The van der Waals surface area contributed by atoms with E-state index in [2.05, 4.69) is 22.3 Å². The first-order valence-electron chi connectivity index (χ1n) is 8.00. The quantitative estimate of drug-likeness (QED) is 0.852. The number of nitrogens with zero attached hydrogens (tertiary/aromatic N) is 1. The van der Waals surface area contributed by atoms with Crippen LogP contribution in [0.5, 0.6) is 0 Å². The van der Waals surface area contributed by atoms with E-state index in [1.54, 1.807) is 18.2 Å². The largest absolute Gasteiger partial charge is 0.351 e. The molecule has 1 aliphatic rings. The fraction of sp³-hybridized carbons (Fsp3) is 0.316. The summed E-state index contributed by atoms with van der Waals surface area (Å²) in [6.07, 6.45) is 2.29. The molecule has 3 rings (SSSR count). The van der Waals surface area contributed by atoms with Crippen molar-refractivity contribution in [3.8, 4) is 0 Å². The van der Waals surface area contributed by atoms with Crippen molar-refractivity contribution in [1.82, 2.24) is 10.2 Å². The van der Waals surface area contributed by atoms with E-state index in [9.17, 15) is 9.18 Å². The maximum Gasteiger partial charge on any atom is 0.234 e. The van der Waals surface area contributed by atoms with E-state index in [0.29, 0.717) is 18.2 Å². The van der Waals surface area contributed by atoms with Gasteiger partial charge in [-0.05, 0) is 24.5 Å². The number of benzene rings is 2. The predicted octanol–water partition coefficient (Wildman–Crippen LogP) is 3.11. The molecule has 1 aliphatic carbocycles. The highest BCUT2D eigenvalue weighted by Crippen LogP contribution is 2.28. The fourth-order valence-corrected chi connectivity index (χ4v) is 2.65. The molecule has 120 valence electrons. The van der Waals surface area contributed by atoms with Crippen molar-refractivity contribution in [2.24, 2.45) is 0 Å². The molecule has 2 aromatic carbocycles. The Kier molecular flexibility index (Phi) is 5.03. The summed E-state index contributed by atoms with van der Waals surface area (Å²) in [6, 6.07) is 17.2. The van der Waals surface area contributed by atoms with Crippen molar-refractivity contribution in [2.75, 3.05) is 6.54 Å². The van der Waals surface area contributed by atoms with Crippen LogP contribution < -0.4 is 5.32 Å². The summed E-state index contributed by atoms with van der Waals surface area (Å²) < 4.78 is 13.6. The molecule has 0 radical (unpaired) electrons. The van der Waals surface area contributed by atoms with Gasteiger partial charge in [-0.2, -0.15) is 0 Å². The van der Waals surface area contributed by atoms with E-state index in [1.165, 1.54) is 11.6 Å². The Bertz CT molecular complexity index is 655. The number of halogens is 1. The summed E-state index contributed by atoms with van der Waals surface area (Å²) >= 11 is 0. The third kappa shape index (κ3) is 4.63. The van der Waals surface area contributed by atoms with Gasteiger partial charge >= 0.3 is 0 Å². The first-order chi connectivity index (χ1) is 11.2. The van der Waals surface area contributed by atoms with Gasteiger partial charge in [-0.15, -0.1) is 0 Å². The first kappa shape index (κ1) is 15.7. The molecule has 0 saturated heterocycles. The zero-order chi connectivity index (χ0) is 16.1. The Labute approximate surface area is 136 Å². The highest BCUT2D eigenvalue weighted by atomic mass is 19.1. The minimum Gasteiger partial charge on any atom is -0.351 e. The van der Waals surface area contributed by atoms with Gasteiger partial charge in [0.05, 0.1) is 6.54 Å². The lowest BCUT2D eigenvalue weighted by atomic mass is 10.2. The van der Waals surface area contributed by atoms with Crippen molar-refractivity contribution in [3.63, 3.8) is 0 Å². The molecular formula is C19H21FN2O. The van der Waals surface area contributed by atoms with Gasteiger partial charge in [0, 0.05) is 24.7 Å². The summed E-state index contributed by atoms with van der Waals surface area (Å²) in [5, 5.41) is 2.82. The minimum absolute atomic E-state index is 0.0592. The molecular weight excluding hydrogens is 291 g/mol. The van der Waals surface area contributed by atoms with Crippen LogP contribution in [0.1, 0.15) is 24.0 Å². The smallest absolute Gasteiger partial charge is 0.234 e. The maximum absolute atomic E-state index is 13.6. The van der Waals surface area contributed by atoms with E-state index < -0.39 is 0 Å². The predicted molar refractivity (Wildman–Crippen MR) is 88.1 cm³/mol. The number of hydrogen-bond donors (Lipinski definition) is 1. The third-order valence-electron chi connectivity index (χ3n) is 4.07. The second-order valence-corrected chi connectivity index (χ2v) is 5.99. The zero-order valence-corrected chi connectivity index (χ0v) is 13.0. The van der Waals surface area contributed by atoms with Crippen molar-refractivity contribution in [3.05, 3.63) is 71.5 Å². The molecule has 4 heteroatoms. The van der Waals surface area contributed by atoms with Gasteiger partial charge in [-0.3, -0.25) is 9.69 Å². The summed E-state index contributed by atoms with van der Waals surface area (Å²) in [5.41, 5.74) is 1.73. The molecule has 1 fully saturated rings. The highest BCUT2D eigenvalue weighted by Gasteiger charge is 2.30. The molecule has 0 unspecified atom stereocenters. The summed E-state index contributed by atoms with van der Waals surface area (Å²) in [6.45, 7) is 1.36. The van der Waals surface area contributed by atoms with Crippen LogP contribution in [0, 0.1) is 5.82 Å². The van der Waals surface area contributed by atoms with Crippen LogP contribution in [-0.2, 0) is 17.9 Å². The number of nitrogens with one attached hydrogen (secondary N) is 1. The molecule has 1 saturated carbocycles. The molecule has 0 heterocycles. The average Bonchev–Trinajstić information content (AvgIpc) is 3.39. The van der Waals surface area contributed by atoms with Gasteiger partial charge in [0.15, 0.2) is 0 Å². The van der Waals surface area contributed by atoms with Crippen LogP contribution in [-0.4, -0.2) is 23.4 Å². The van der Waals surface area contributed by atoms with Crippen molar-refractivity contribution < 1.29 is 9.18 Å². The summed E-state index contributed by atoms with van der Waals surface area (Å²) in [4.78, 5) is 14.4. The standard InChI is InChI=1S/C19H21FN2O/c20-18-9-5-4-8-16(18)12-21-19(23)14-22(17-10-11-17)13-15-6-2-1-3-7-15/h1-9,17H,10-14H2,(H,21,23). The van der Waals surface area contributed by atoms with Gasteiger partial charge in [0.2, 0.25) is 5.91 Å². The van der Waals surface area contributed by atoms with E-state index in [-0.39, 0.29) is 18.3 Å². The molecule has 0 bridgehead atoms. The average molecular weight is 312 g/mol. The number of amides is 1. The maximum atomic E-state index is 13.6. The van der Waals surface area contributed by atoms with Gasteiger partial charge in [-0.25, -0.2) is 4.39 Å². The van der Waals surface area contributed by atoms with E-state index in [1.807, 2.05) is 18.2 Å². The van der Waals surface area contributed by atoms with Gasteiger partial charge in [0.25, 0.3) is 0 Å². The van der Waals surface area contributed by atoms with Crippen molar-refractivity contribution in [1.29, 1.82) is 0 Å². The van der Waals surface area contributed by atoms with Crippen molar-refractivity contribution in [2.45, 2.75) is 32.0 Å². The monoisotopic (exact) mass is 312 g/mol. The number of carbonyl (C=O) groups excluding carboxylic acids is 1. The number of carbonyl (C=O) groups is 1. The minimum atomic E-state index is -0.281. The molecule has 0 spiro atoms. The lowest BCUT2D eigenvalue weighted by molar-refractivity contribution is -0.122. The molecule has 1 amide bonds. The van der Waals surface area contributed by atoms with E-state index in [4.69, 9.17) is 0 Å². The number of hydrogen-bond acceptors (Lipinski definition) is 2. The second-order valence-electron chi connectivity index (χ2n) is 5.99. The molecule has 0 atom stereocenters. The Morgan fingerprint density at radius 1 is 1.09 bits per heavy atom. The Hall–Kier alpha value is -2.20. The normalized spacial score (nSPS) is 14.0. The van der Waals surface area contributed by atoms with Crippen LogP contribution >= 0.6 is 0 Å². The topological polar surface area (TPSA) is 32.3 Å². The van der Waals surface area contributed by atoms with Gasteiger partial charge in [-0.1, -0.05) is 48.5 Å². The molecule has 3 nitrogen and oxygen atoms in total. The van der Waals surface area contributed by atoms with Gasteiger partial charge < -0.3 is 5.32 Å². The lowest BCUT2D eigenvalue weighted by Gasteiger charge is -2.21. The third-order valence-corrected chi connectivity index (χ3v) is 4.07.